The Morgan fingerprint density at radius 1 is 1.35 bits per heavy atom. The van der Waals surface area contributed by atoms with Gasteiger partial charge in [0, 0.05) is 39.3 Å². The van der Waals surface area contributed by atoms with Crippen molar-refractivity contribution in [3.05, 3.63) is 17.8 Å². The molecule has 0 unspecified atom stereocenters. The van der Waals surface area contributed by atoms with E-state index in [0.717, 1.165) is 50.6 Å². The van der Waals surface area contributed by atoms with Gasteiger partial charge < -0.3 is 15.5 Å². The van der Waals surface area contributed by atoms with E-state index in [1.54, 1.807) is 6.20 Å². The Bertz CT molecular complexity index is 456. The van der Waals surface area contributed by atoms with Crippen molar-refractivity contribution < 1.29 is 0 Å². The molecule has 2 rings (SSSR count). The first-order valence-electron chi connectivity index (χ1n) is 6.81. The molecule has 6 nitrogen and oxygen atoms in total. The monoisotopic (exact) mass is 294 g/mol. The van der Waals surface area contributed by atoms with E-state index in [9.17, 15) is 0 Å². The minimum Gasteiger partial charge on any atom is -0.389 e. The summed E-state index contributed by atoms with van der Waals surface area (Å²) in [7, 11) is 4.20. The van der Waals surface area contributed by atoms with Gasteiger partial charge in [-0.25, -0.2) is 0 Å². The Morgan fingerprint density at radius 3 is 2.65 bits per heavy atom. The number of hydrogen-bond donors (Lipinski definition) is 1. The quantitative estimate of drug-likeness (QED) is 0.754. The number of rotatable bonds is 5. The molecule has 0 aromatic carbocycles. The fourth-order valence-corrected chi connectivity index (χ4v) is 2.43. The number of piperazine rings is 1. The summed E-state index contributed by atoms with van der Waals surface area (Å²) in [6, 6.07) is 1.84. The van der Waals surface area contributed by atoms with Crippen molar-refractivity contribution in [1.29, 1.82) is 0 Å². The fraction of sp³-hybridized carbons (Fsp3) is 0.615. The molecule has 7 heteroatoms. The lowest BCUT2D eigenvalue weighted by Gasteiger charge is -2.36. The third kappa shape index (κ3) is 3.84. The smallest absolute Gasteiger partial charge is 0.161 e. The first kappa shape index (κ1) is 15.1. The van der Waals surface area contributed by atoms with Crippen LogP contribution in [0.4, 0.5) is 5.82 Å². The summed E-state index contributed by atoms with van der Waals surface area (Å²) in [5.41, 5.74) is 6.57. The van der Waals surface area contributed by atoms with Crippen LogP contribution in [0, 0.1) is 0 Å². The Morgan fingerprint density at radius 2 is 2.05 bits per heavy atom. The standard InChI is InChI=1S/C13H22N6S/c1-17(2)5-6-18-7-9-19(10-8-18)13-11(12(14)20)3-4-15-16-13/h3-4H,5-10H2,1-2H3,(H2,14,20). The molecule has 1 aromatic heterocycles. The number of aromatic nitrogens is 2. The maximum absolute atomic E-state index is 5.75. The van der Waals surface area contributed by atoms with E-state index in [4.69, 9.17) is 18.0 Å². The highest BCUT2D eigenvalue weighted by atomic mass is 32.1. The molecule has 0 saturated carbocycles. The van der Waals surface area contributed by atoms with Crippen LogP contribution in [0.1, 0.15) is 5.56 Å². The molecule has 0 amide bonds. The number of nitrogens with zero attached hydrogens (tertiary/aromatic N) is 5. The summed E-state index contributed by atoms with van der Waals surface area (Å²) in [6.45, 7) is 6.11. The van der Waals surface area contributed by atoms with E-state index in [-0.39, 0.29) is 0 Å². The maximum Gasteiger partial charge on any atom is 0.161 e. The zero-order valence-corrected chi connectivity index (χ0v) is 12.9. The van der Waals surface area contributed by atoms with Gasteiger partial charge in [-0.05, 0) is 20.2 Å². The number of thiocarbonyl (C=S) groups is 1. The van der Waals surface area contributed by atoms with Gasteiger partial charge in [-0.3, -0.25) is 4.90 Å². The second kappa shape index (κ2) is 6.92. The van der Waals surface area contributed by atoms with Crippen molar-refractivity contribution in [3.8, 4) is 0 Å². The number of likely N-dealkylation sites (N-methyl/N-ethyl adjacent to an activating group) is 1. The van der Waals surface area contributed by atoms with Gasteiger partial charge in [0.1, 0.15) is 4.99 Å². The molecule has 1 aromatic rings. The molecule has 2 heterocycles. The topological polar surface area (TPSA) is 61.5 Å². The van der Waals surface area contributed by atoms with Gasteiger partial charge in [-0.15, -0.1) is 5.10 Å². The largest absolute Gasteiger partial charge is 0.389 e. The van der Waals surface area contributed by atoms with Crippen molar-refractivity contribution >= 4 is 23.0 Å². The predicted octanol–water partition coefficient (Wildman–Crippen LogP) is -0.206. The molecule has 0 aliphatic carbocycles. The SMILES string of the molecule is CN(C)CCN1CCN(c2nnccc2C(N)=S)CC1. The zero-order valence-electron chi connectivity index (χ0n) is 12.1. The molecule has 1 aliphatic heterocycles. The van der Waals surface area contributed by atoms with E-state index < -0.39 is 0 Å². The van der Waals surface area contributed by atoms with E-state index in [0.29, 0.717) is 4.99 Å². The van der Waals surface area contributed by atoms with Gasteiger partial charge in [0.15, 0.2) is 5.82 Å². The lowest BCUT2D eigenvalue weighted by atomic mass is 10.2. The van der Waals surface area contributed by atoms with Crippen molar-refractivity contribution in [2.24, 2.45) is 5.73 Å². The van der Waals surface area contributed by atoms with Gasteiger partial charge >= 0.3 is 0 Å². The number of hydrogen-bond acceptors (Lipinski definition) is 6. The lowest BCUT2D eigenvalue weighted by Crippen LogP contribution is -2.48. The summed E-state index contributed by atoms with van der Waals surface area (Å²) in [5, 5.41) is 8.16. The molecule has 0 spiro atoms. The van der Waals surface area contributed by atoms with Crippen LogP contribution >= 0.6 is 12.2 Å². The summed E-state index contributed by atoms with van der Waals surface area (Å²) in [4.78, 5) is 7.27. The van der Waals surface area contributed by atoms with Crippen LogP contribution in [0.25, 0.3) is 0 Å². The molecule has 1 saturated heterocycles. The van der Waals surface area contributed by atoms with Crippen LogP contribution < -0.4 is 10.6 Å². The van der Waals surface area contributed by atoms with E-state index in [1.807, 2.05) is 6.07 Å². The fourth-order valence-electron chi connectivity index (χ4n) is 2.27. The average Bonchev–Trinajstić information content (AvgIpc) is 2.45. The van der Waals surface area contributed by atoms with Gasteiger partial charge in [0.05, 0.1) is 11.8 Å². The summed E-state index contributed by atoms with van der Waals surface area (Å²) < 4.78 is 0. The normalized spacial score (nSPS) is 16.6. The number of nitrogens with two attached hydrogens (primary N) is 1. The van der Waals surface area contributed by atoms with Gasteiger partial charge in [-0.2, -0.15) is 5.10 Å². The molecule has 0 atom stereocenters. The van der Waals surface area contributed by atoms with Crippen molar-refractivity contribution in [1.82, 2.24) is 20.0 Å². The molecule has 2 N–H and O–H groups in total. The Hall–Kier alpha value is -1.31. The first-order chi connectivity index (χ1) is 9.58. The third-order valence-electron chi connectivity index (χ3n) is 3.50. The Kier molecular flexibility index (Phi) is 5.22. The molecule has 0 bridgehead atoms. The predicted molar refractivity (Wildman–Crippen MR) is 85.1 cm³/mol. The lowest BCUT2D eigenvalue weighted by molar-refractivity contribution is 0.229. The Labute approximate surface area is 125 Å². The van der Waals surface area contributed by atoms with Gasteiger partial charge in [0.2, 0.25) is 0 Å². The molecule has 1 fully saturated rings. The summed E-state index contributed by atoms with van der Waals surface area (Å²) in [5.74, 6) is 0.812. The second-order valence-electron chi connectivity index (χ2n) is 5.26. The summed E-state index contributed by atoms with van der Waals surface area (Å²) >= 11 is 5.08. The number of anilines is 1. The minimum atomic E-state index is 0.380. The molecular formula is C13H22N6S. The maximum atomic E-state index is 5.75. The van der Waals surface area contributed by atoms with Crippen LogP contribution in [0.5, 0.6) is 0 Å². The highest BCUT2D eigenvalue weighted by Crippen LogP contribution is 2.17. The van der Waals surface area contributed by atoms with Crippen molar-refractivity contribution in [3.63, 3.8) is 0 Å². The highest BCUT2D eigenvalue weighted by molar-refractivity contribution is 7.80. The van der Waals surface area contributed by atoms with Crippen LogP contribution in [-0.4, -0.2) is 78.3 Å². The molecule has 110 valence electrons. The Balaban J connectivity index is 1.95. The molecule has 20 heavy (non-hydrogen) atoms. The van der Waals surface area contributed by atoms with Crippen LogP contribution in [0.3, 0.4) is 0 Å². The second-order valence-corrected chi connectivity index (χ2v) is 5.70. The minimum absolute atomic E-state index is 0.380. The molecule has 1 aliphatic rings. The van der Waals surface area contributed by atoms with Crippen molar-refractivity contribution in [2.75, 3.05) is 58.3 Å². The van der Waals surface area contributed by atoms with Gasteiger partial charge in [-0.1, -0.05) is 12.2 Å². The highest BCUT2D eigenvalue weighted by Gasteiger charge is 2.21. The zero-order chi connectivity index (χ0) is 14.5. The van der Waals surface area contributed by atoms with E-state index in [2.05, 4.69) is 39.0 Å². The van der Waals surface area contributed by atoms with Crippen molar-refractivity contribution in [2.45, 2.75) is 0 Å². The van der Waals surface area contributed by atoms with Crippen LogP contribution in [0.2, 0.25) is 0 Å². The first-order valence-corrected chi connectivity index (χ1v) is 7.22. The summed E-state index contributed by atoms with van der Waals surface area (Å²) in [6.07, 6.45) is 1.63. The average molecular weight is 294 g/mol. The van der Waals surface area contributed by atoms with Crippen LogP contribution in [0.15, 0.2) is 12.3 Å². The van der Waals surface area contributed by atoms with E-state index >= 15 is 0 Å². The molecular weight excluding hydrogens is 272 g/mol. The molecule has 0 radical (unpaired) electrons. The van der Waals surface area contributed by atoms with E-state index in [1.165, 1.54) is 0 Å². The van der Waals surface area contributed by atoms with Crippen LogP contribution in [-0.2, 0) is 0 Å². The van der Waals surface area contributed by atoms with Gasteiger partial charge in [0.25, 0.3) is 0 Å². The third-order valence-corrected chi connectivity index (χ3v) is 3.72.